The van der Waals surface area contributed by atoms with Gasteiger partial charge in [-0.15, -0.1) is 0 Å². The summed E-state index contributed by atoms with van der Waals surface area (Å²) in [7, 11) is 0. The first-order chi connectivity index (χ1) is 14.8. The van der Waals surface area contributed by atoms with Gasteiger partial charge in [-0.3, -0.25) is 4.79 Å². The molecule has 0 spiro atoms. The zero-order valence-electron chi connectivity index (χ0n) is 16.5. The largest absolute Gasteiger partial charge is 0.507 e. The van der Waals surface area contributed by atoms with Crippen molar-refractivity contribution in [2.45, 2.75) is 6.18 Å². The zero-order valence-corrected chi connectivity index (χ0v) is 16.5. The molecule has 1 aliphatic rings. The maximum atomic E-state index is 12.8. The highest BCUT2D eigenvalue weighted by atomic mass is 19.4. The number of carbonyl (C=O) groups is 1. The monoisotopic (exact) mass is 427 g/mol. The maximum Gasteiger partial charge on any atom is 0.416 e. The van der Waals surface area contributed by atoms with Crippen LogP contribution in [-0.2, 0) is 11.0 Å². The van der Waals surface area contributed by atoms with Crippen molar-refractivity contribution in [1.29, 1.82) is 0 Å². The number of alkyl halides is 3. The molecule has 160 valence electrons. The lowest BCUT2D eigenvalue weighted by Gasteiger charge is -2.33. The smallest absolute Gasteiger partial charge is 0.416 e. The fourth-order valence-corrected chi connectivity index (χ4v) is 3.61. The van der Waals surface area contributed by atoms with Gasteiger partial charge in [0.25, 0.3) is 0 Å². The molecule has 1 saturated heterocycles. The van der Waals surface area contributed by atoms with Crippen LogP contribution in [0.4, 0.5) is 19.0 Å². The number of halogens is 3. The molecule has 1 fully saturated rings. The minimum atomic E-state index is -4.39. The first-order valence-electron chi connectivity index (χ1n) is 9.76. The molecule has 8 heteroatoms. The highest BCUT2D eigenvalue weighted by Gasteiger charge is 2.30. The summed E-state index contributed by atoms with van der Waals surface area (Å²) < 4.78 is 38.5. The Kier molecular flexibility index (Phi) is 5.54. The van der Waals surface area contributed by atoms with Gasteiger partial charge in [-0.25, -0.2) is 4.98 Å². The lowest BCUT2D eigenvalue weighted by molar-refractivity contribution is -0.137. The Morgan fingerprint density at radius 2 is 1.55 bits per heavy atom. The van der Waals surface area contributed by atoms with Crippen LogP contribution in [0.15, 0.2) is 60.8 Å². The van der Waals surface area contributed by atoms with Gasteiger partial charge < -0.3 is 14.9 Å². The predicted molar refractivity (Wildman–Crippen MR) is 112 cm³/mol. The van der Waals surface area contributed by atoms with Crippen molar-refractivity contribution in [2.75, 3.05) is 31.1 Å². The molecule has 31 heavy (non-hydrogen) atoms. The van der Waals surface area contributed by atoms with E-state index in [0.717, 1.165) is 29.9 Å². The summed E-state index contributed by atoms with van der Waals surface area (Å²) in [4.78, 5) is 19.1. The van der Waals surface area contributed by atoms with Crippen LogP contribution in [0.1, 0.15) is 5.56 Å². The van der Waals surface area contributed by atoms with Gasteiger partial charge in [-0.2, -0.15) is 13.2 Å². The Labute approximate surface area is 177 Å². The number of carbonyl (C=O) groups excluding carboxylic acids is 1. The molecule has 4 rings (SSSR count). The molecule has 2 aromatic carbocycles. The number of piperazine rings is 1. The first-order valence-corrected chi connectivity index (χ1v) is 9.76. The number of pyridine rings is 1. The average molecular weight is 427 g/mol. The van der Waals surface area contributed by atoms with Crippen LogP contribution in [0.25, 0.3) is 22.3 Å². The Morgan fingerprint density at radius 3 is 2.19 bits per heavy atom. The highest BCUT2D eigenvalue weighted by molar-refractivity contribution is 5.78. The Hall–Kier alpha value is -3.55. The second kappa shape index (κ2) is 8.29. The third-order valence-corrected chi connectivity index (χ3v) is 5.39. The lowest BCUT2D eigenvalue weighted by atomic mass is 9.98. The summed E-state index contributed by atoms with van der Waals surface area (Å²) >= 11 is 0. The molecule has 0 unspecified atom stereocenters. The Balaban J connectivity index is 1.63. The second-order valence-electron chi connectivity index (χ2n) is 7.34. The number of aromatic hydroxyl groups is 1. The van der Waals surface area contributed by atoms with Gasteiger partial charge >= 0.3 is 6.18 Å². The van der Waals surface area contributed by atoms with Gasteiger partial charge in [0, 0.05) is 37.9 Å². The van der Waals surface area contributed by atoms with Gasteiger partial charge in [-0.05, 0) is 53.1 Å². The van der Waals surface area contributed by atoms with Crippen molar-refractivity contribution >= 4 is 12.2 Å². The van der Waals surface area contributed by atoms with Crippen LogP contribution in [0.2, 0.25) is 0 Å². The average Bonchev–Trinajstić information content (AvgIpc) is 2.79. The van der Waals surface area contributed by atoms with Crippen LogP contribution in [0, 0.1) is 0 Å². The Bertz CT molecular complexity index is 1080. The van der Waals surface area contributed by atoms with E-state index in [2.05, 4.69) is 9.88 Å². The third kappa shape index (κ3) is 4.47. The molecule has 0 bridgehead atoms. The van der Waals surface area contributed by atoms with E-state index in [1.807, 2.05) is 6.07 Å². The van der Waals surface area contributed by atoms with E-state index in [4.69, 9.17) is 0 Å². The molecule has 0 atom stereocenters. The highest BCUT2D eigenvalue weighted by Crippen LogP contribution is 2.36. The minimum Gasteiger partial charge on any atom is -0.507 e. The SMILES string of the molecule is O=CN1CCN(c2cc(-c3cc(-c4ccc(C(F)(F)F)cc4)ccc3O)ccn2)CC1. The molecule has 1 N–H and O–H groups in total. The molecule has 1 aromatic heterocycles. The van der Waals surface area contributed by atoms with Crippen LogP contribution in [0.5, 0.6) is 5.75 Å². The van der Waals surface area contributed by atoms with E-state index in [1.165, 1.54) is 18.2 Å². The number of amides is 1. The number of phenols is 1. The van der Waals surface area contributed by atoms with E-state index in [1.54, 1.807) is 29.3 Å². The standard InChI is InChI=1S/C23H20F3N3O2/c24-23(25,26)19-4-1-16(2-5-19)17-3-6-21(31)20(13-17)18-7-8-27-22(14-18)29-11-9-28(15-30)10-12-29/h1-8,13-15,31H,9-12H2. The van der Waals surface area contributed by atoms with Crippen molar-refractivity contribution in [1.82, 2.24) is 9.88 Å². The van der Waals surface area contributed by atoms with Crippen LogP contribution >= 0.6 is 0 Å². The normalized spacial score (nSPS) is 14.5. The van der Waals surface area contributed by atoms with Crippen LogP contribution < -0.4 is 4.90 Å². The van der Waals surface area contributed by atoms with Crippen molar-refractivity contribution in [2.24, 2.45) is 0 Å². The molecule has 0 saturated carbocycles. The van der Waals surface area contributed by atoms with Crippen molar-refractivity contribution in [3.63, 3.8) is 0 Å². The van der Waals surface area contributed by atoms with E-state index >= 15 is 0 Å². The van der Waals surface area contributed by atoms with E-state index in [9.17, 15) is 23.1 Å². The molecule has 5 nitrogen and oxygen atoms in total. The predicted octanol–water partition coefficient (Wildman–Crippen LogP) is 4.42. The second-order valence-corrected chi connectivity index (χ2v) is 7.34. The number of aromatic nitrogens is 1. The van der Waals surface area contributed by atoms with E-state index in [-0.39, 0.29) is 5.75 Å². The Morgan fingerprint density at radius 1 is 0.871 bits per heavy atom. The fourth-order valence-electron chi connectivity index (χ4n) is 3.61. The number of phenolic OH excluding ortho intramolecular Hbond substituents is 1. The third-order valence-electron chi connectivity index (χ3n) is 5.39. The lowest BCUT2D eigenvalue weighted by Crippen LogP contribution is -2.46. The molecule has 0 radical (unpaired) electrons. The summed E-state index contributed by atoms with van der Waals surface area (Å²) in [6.45, 7) is 2.55. The minimum absolute atomic E-state index is 0.0681. The molecular formula is C23H20F3N3O2. The first kappa shape index (κ1) is 20.7. The fraction of sp³-hybridized carbons (Fsp3) is 0.217. The topological polar surface area (TPSA) is 56.7 Å². The molecule has 3 aromatic rings. The van der Waals surface area contributed by atoms with Gasteiger partial charge in [0.2, 0.25) is 6.41 Å². The van der Waals surface area contributed by atoms with Gasteiger partial charge in [0.1, 0.15) is 11.6 Å². The van der Waals surface area contributed by atoms with Crippen LogP contribution in [-0.4, -0.2) is 47.6 Å². The number of benzene rings is 2. The molecule has 1 aliphatic heterocycles. The summed E-state index contributed by atoms with van der Waals surface area (Å²) in [6.07, 6.45) is -1.89. The molecule has 2 heterocycles. The molecular weight excluding hydrogens is 407 g/mol. The number of hydrogen-bond acceptors (Lipinski definition) is 4. The molecule has 1 amide bonds. The van der Waals surface area contributed by atoms with E-state index in [0.29, 0.717) is 42.9 Å². The number of hydrogen-bond donors (Lipinski definition) is 1. The maximum absolute atomic E-state index is 12.8. The summed E-state index contributed by atoms with van der Waals surface area (Å²) in [6, 6.07) is 13.5. The van der Waals surface area contributed by atoms with E-state index < -0.39 is 11.7 Å². The van der Waals surface area contributed by atoms with Gasteiger partial charge in [-0.1, -0.05) is 18.2 Å². The zero-order chi connectivity index (χ0) is 22.0. The van der Waals surface area contributed by atoms with Gasteiger partial charge in [0.05, 0.1) is 5.56 Å². The van der Waals surface area contributed by atoms with Crippen molar-refractivity contribution in [3.8, 4) is 28.0 Å². The summed E-state index contributed by atoms with van der Waals surface area (Å²) in [5.41, 5.74) is 1.92. The van der Waals surface area contributed by atoms with Crippen molar-refractivity contribution < 1.29 is 23.1 Å². The summed E-state index contributed by atoms with van der Waals surface area (Å²) in [5.74, 6) is 0.806. The summed E-state index contributed by atoms with van der Waals surface area (Å²) in [5, 5.41) is 10.4. The van der Waals surface area contributed by atoms with Gasteiger partial charge in [0.15, 0.2) is 0 Å². The quantitative estimate of drug-likeness (QED) is 0.627. The van der Waals surface area contributed by atoms with Crippen molar-refractivity contribution in [3.05, 3.63) is 66.4 Å². The molecule has 0 aliphatic carbocycles. The number of anilines is 1. The van der Waals surface area contributed by atoms with Crippen LogP contribution in [0.3, 0.4) is 0 Å². The number of rotatable bonds is 4. The number of nitrogens with zero attached hydrogens (tertiary/aromatic N) is 3.